The van der Waals surface area contributed by atoms with Gasteiger partial charge in [0.15, 0.2) is 5.82 Å². The van der Waals surface area contributed by atoms with Gasteiger partial charge in [-0.05, 0) is 76.4 Å². The smallest absolute Gasteiger partial charge is 0.338 e. The van der Waals surface area contributed by atoms with E-state index in [4.69, 9.17) is 24.5 Å². The second kappa shape index (κ2) is 12.9. The van der Waals surface area contributed by atoms with E-state index in [1.165, 1.54) is 12.1 Å². The van der Waals surface area contributed by atoms with Crippen LogP contribution in [0.5, 0.6) is 5.88 Å². The van der Waals surface area contributed by atoms with Crippen LogP contribution in [0.3, 0.4) is 0 Å². The molecule has 0 bridgehead atoms. The van der Waals surface area contributed by atoms with Gasteiger partial charge in [-0.3, -0.25) is 4.79 Å². The maximum absolute atomic E-state index is 14.3. The molecule has 0 radical (unpaired) electrons. The van der Waals surface area contributed by atoms with Gasteiger partial charge in [-0.1, -0.05) is 12.1 Å². The summed E-state index contributed by atoms with van der Waals surface area (Å²) >= 11 is 0. The highest BCUT2D eigenvalue weighted by Crippen LogP contribution is 2.30. The number of carbonyl (C=O) groups excluding carboxylic acids is 2. The number of nitriles is 1. The van der Waals surface area contributed by atoms with Crippen molar-refractivity contribution in [1.82, 2.24) is 19.4 Å². The van der Waals surface area contributed by atoms with E-state index in [2.05, 4.69) is 4.98 Å². The normalized spacial score (nSPS) is 16.9. The summed E-state index contributed by atoms with van der Waals surface area (Å²) in [5.41, 5.74) is 2.55. The highest BCUT2D eigenvalue weighted by Gasteiger charge is 2.31. The molecule has 2 aliphatic rings. The number of imidazole rings is 1. The minimum Gasteiger partial charge on any atom is -0.473 e. The maximum atomic E-state index is 14.3. The molecule has 238 valence electrons. The quantitative estimate of drug-likeness (QED) is 0.226. The summed E-state index contributed by atoms with van der Waals surface area (Å²) in [5, 5.41) is 8.96. The number of likely N-dealkylation sites (tertiary alicyclic amines) is 1. The fraction of sp³-hybridized carbons (Fsp3) is 0.400. The third-order valence-corrected chi connectivity index (χ3v) is 8.26. The molecule has 0 saturated carbocycles. The molecule has 4 aromatic rings. The molecule has 1 atom stereocenters. The van der Waals surface area contributed by atoms with Crippen LogP contribution in [0.4, 0.5) is 4.39 Å². The molecular formula is C35H36FN5O5. The Morgan fingerprint density at radius 1 is 1.07 bits per heavy atom. The zero-order valence-electron chi connectivity index (χ0n) is 26.2. The van der Waals surface area contributed by atoms with Crippen LogP contribution >= 0.6 is 0 Å². The number of fused-ring (bicyclic) bond motifs is 1. The van der Waals surface area contributed by atoms with Crippen molar-refractivity contribution in [3.05, 3.63) is 88.6 Å². The van der Waals surface area contributed by atoms with E-state index in [0.29, 0.717) is 72.9 Å². The van der Waals surface area contributed by atoms with Crippen molar-refractivity contribution in [2.24, 2.45) is 0 Å². The lowest BCUT2D eigenvalue weighted by molar-refractivity contribution is -0.0589. The first-order valence-corrected chi connectivity index (χ1v) is 15.5. The summed E-state index contributed by atoms with van der Waals surface area (Å²) in [7, 11) is 0. The molecule has 0 N–H and O–H groups in total. The van der Waals surface area contributed by atoms with Crippen molar-refractivity contribution in [3.63, 3.8) is 0 Å². The summed E-state index contributed by atoms with van der Waals surface area (Å²) in [5.74, 6) is -0.252. The van der Waals surface area contributed by atoms with Gasteiger partial charge in [-0.2, -0.15) is 5.26 Å². The molecule has 2 fully saturated rings. The number of aromatic nitrogens is 3. The monoisotopic (exact) mass is 625 g/mol. The average Bonchev–Trinajstić information content (AvgIpc) is 3.38. The molecule has 0 unspecified atom stereocenters. The first kappa shape index (κ1) is 31.2. The van der Waals surface area contributed by atoms with E-state index in [1.54, 1.807) is 30.3 Å². The Morgan fingerprint density at radius 2 is 1.85 bits per heavy atom. The van der Waals surface area contributed by atoms with Gasteiger partial charge in [0.2, 0.25) is 5.88 Å². The van der Waals surface area contributed by atoms with E-state index in [-0.39, 0.29) is 30.1 Å². The lowest BCUT2D eigenvalue weighted by Gasteiger charge is -2.32. The maximum Gasteiger partial charge on any atom is 0.338 e. The van der Waals surface area contributed by atoms with Crippen molar-refractivity contribution in [2.45, 2.75) is 70.8 Å². The van der Waals surface area contributed by atoms with Crippen molar-refractivity contribution in [3.8, 4) is 11.9 Å². The Hall–Kier alpha value is -4.82. The first-order chi connectivity index (χ1) is 22.1. The number of carbonyl (C=O) groups is 2. The van der Waals surface area contributed by atoms with Crippen LogP contribution in [0.15, 0.2) is 54.6 Å². The number of amides is 1. The molecule has 0 aliphatic carbocycles. The van der Waals surface area contributed by atoms with Crippen molar-refractivity contribution in [1.29, 1.82) is 5.26 Å². The minimum absolute atomic E-state index is 0.00684. The summed E-state index contributed by atoms with van der Waals surface area (Å²) in [4.78, 5) is 37.9. The summed E-state index contributed by atoms with van der Waals surface area (Å²) in [6.07, 6.45) is 2.29. The molecule has 6 rings (SSSR count). The lowest BCUT2D eigenvalue weighted by Crippen LogP contribution is -2.40. The number of hydrogen-bond donors (Lipinski definition) is 0. The standard InChI is InChI=1S/C35H36FN5O5/c1-35(2,3)46-34(43)24-9-10-29-30(18-24)41(20-26-13-16-44-26)32(39-29)33(42)40-14-11-23(12-15-40)28-5-4-6-31(38-28)45-21-25-8-7-22(19-37)17-27(25)36/h4-10,17-18,23,26H,11-16,20-21H2,1-3H3/t26-/m0/s1. The van der Waals surface area contributed by atoms with Crippen LogP contribution in [0.2, 0.25) is 0 Å². The van der Waals surface area contributed by atoms with E-state index in [9.17, 15) is 14.0 Å². The number of esters is 1. The molecule has 11 heteroatoms. The van der Waals surface area contributed by atoms with E-state index >= 15 is 0 Å². The van der Waals surface area contributed by atoms with Crippen molar-refractivity contribution in [2.75, 3.05) is 19.7 Å². The van der Waals surface area contributed by atoms with Gasteiger partial charge >= 0.3 is 5.97 Å². The number of pyridine rings is 1. The Labute approximate surface area is 266 Å². The molecule has 46 heavy (non-hydrogen) atoms. The van der Waals surface area contributed by atoms with Gasteiger partial charge in [-0.15, -0.1) is 0 Å². The van der Waals surface area contributed by atoms with Crippen LogP contribution in [0.1, 0.15) is 83.7 Å². The van der Waals surface area contributed by atoms with Gasteiger partial charge < -0.3 is 23.7 Å². The van der Waals surface area contributed by atoms with E-state index < -0.39 is 17.4 Å². The second-order valence-corrected chi connectivity index (χ2v) is 12.7. The SMILES string of the molecule is CC(C)(C)OC(=O)c1ccc2nc(C(=O)N3CCC(c4cccc(OCc5ccc(C#N)cc5F)n4)CC3)n(C[C@@H]3CCO3)c2c1. The van der Waals surface area contributed by atoms with Gasteiger partial charge in [0.1, 0.15) is 18.0 Å². The fourth-order valence-corrected chi connectivity index (χ4v) is 5.71. The number of rotatable bonds is 8. The third kappa shape index (κ3) is 6.87. The van der Waals surface area contributed by atoms with Gasteiger partial charge in [-0.25, -0.2) is 19.2 Å². The molecule has 2 aromatic heterocycles. The van der Waals surface area contributed by atoms with E-state index in [1.807, 2.05) is 48.4 Å². The van der Waals surface area contributed by atoms with Crippen LogP contribution in [-0.2, 0) is 22.6 Å². The Bertz CT molecular complexity index is 1810. The van der Waals surface area contributed by atoms with Crippen molar-refractivity contribution < 1.29 is 28.2 Å². The summed E-state index contributed by atoms with van der Waals surface area (Å²) in [6, 6.07) is 16.9. The molecular weight excluding hydrogens is 589 g/mol. The number of ether oxygens (including phenoxy) is 3. The minimum atomic E-state index is -0.630. The fourth-order valence-electron chi connectivity index (χ4n) is 5.71. The third-order valence-electron chi connectivity index (χ3n) is 8.26. The molecule has 0 spiro atoms. The molecule has 2 saturated heterocycles. The zero-order chi connectivity index (χ0) is 32.4. The molecule has 10 nitrogen and oxygen atoms in total. The van der Waals surface area contributed by atoms with Crippen LogP contribution in [0.25, 0.3) is 11.0 Å². The highest BCUT2D eigenvalue weighted by atomic mass is 19.1. The predicted octanol–water partition coefficient (Wildman–Crippen LogP) is 5.79. The molecule has 1 amide bonds. The second-order valence-electron chi connectivity index (χ2n) is 12.7. The van der Waals surface area contributed by atoms with Gasteiger partial charge in [0.05, 0.1) is 40.9 Å². The van der Waals surface area contributed by atoms with E-state index in [0.717, 1.165) is 12.1 Å². The lowest BCUT2D eigenvalue weighted by atomic mass is 9.93. The topological polar surface area (TPSA) is 120 Å². The molecule has 2 aliphatic heterocycles. The Balaban J connectivity index is 1.14. The summed E-state index contributed by atoms with van der Waals surface area (Å²) < 4.78 is 33.2. The average molecular weight is 626 g/mol. The Morgan fingerprint density at radius 3 is 2.52 bits per heavy atom. The van der Waals surface area contributed by atoms with Crippen molar-refractivity contribution >= 4 is 22.9 Å². The largest absolute Gasteiger partial charge is 0.473 e. The highest BCUT2D eigenvalue weighted by molar-refractivity contribution is 5.98. The molecule has 2 aromatic carbocycles. The van der Waals surface area contributed by atoms with Gasteiger partial charge in [0.25, 0.3) is 5.91 Å². The number of piperidine rings is 1. The number of halogens is 1. The predicted molar refractivity (Wildman–Crippen MR) is 167 cm³/mol. The van der Waals surface area contributed by atoms with Crippen LogP contribution in [0, 0.1) is 17.1 Å². The Kier molecular flexibility index (Phi) is 8.73. The van der Waals surface area contributed by atoms with Crippen LogP contribution in [-0.4, -0.2) is 62.7 Å². The van der Waals surface area contributed by atoms with Crippen LogP contribution < -0.4 is 4.74 Å². The number of benzene rings is 2. The first-order valence-electron chi connectivity index (χ1n) is 15.5. The summed E-state index contributed by atoms with van der Waals surface area (Å²) in [6.45, 7) is 7.67. The number of hydrogen-bond acceptors (Lipinski definition) is 8. The zero-order valence-corrected chi connectivity index (χ0v) is 26.2. The number of nitrogens with zero attached hydrogens (tertiary/aromatic N) is 5. The van der Waals surface area contributed by atoms with Gasteiger partial charge in [0, 0.05) is 42.9 Å². The molecule has 4 heterocycles.